The molecule has 3 rings (SSSR count). The van der Waals surface area contributed by atoms with Crippen LogP contribution in [0.25, 0.3) is 0 Å². The summed E-state index contributed by atoms with van der Waals surface area (Å²) in [5, 5.41) is 6.54. The van der Waals surface area contributed by atoms with Gasteiger partial charge >= 0.3 is 0 Å². The summed E-state index contributed by atoms with van der Waals surface area (Å²) >= 11 is 0. The molecule has 1 saturated heterocycles. The Morgan fingerprint density at radius 1 is 1.22 bits per heavy atom. The van der Waals surface area contributed by atoms with Gasteiger partial charge in [-0.2, -0.15) is 0 Å². The lowest BCUT2D eigenvalue weighted by atomic mass is 10.0. The second-order valence-corrected chi connectivity index (χ2v) is 5.76. The Balaban J connectivity index is 1.72. The Bertz CT molecular complexity index is 622. The Morgan fingerprint density at radius 3 is 2.61 bits per heavy atom. The maximum Gasteiger partial charge on any atom is 0.273 e. The molecule has 0 radical (unpaired) electrons. The molecule has 0 bridgehead atoms. The Hall–Kier alpha value is -2.21. The van der Waals surface area contributed by atoms with E-state index >= 15 is 0 Å². The zero-order valence-electron chi connectivity index (χ0n) is 12.9. The molecule has 1 fully saturated rings. The van der Waals surface area contributed by atoms with Crippen molar-refractivity contribution in [2.45, 2.75) is 25.3 Å². The minimum atomic E-state index is -0.261. The average Bonchev–Trinajstić information content (AvgIpc) is 3.12. The number of piperidine rings is 1. The van der Waals surface area contributed by atoms with E-state index < -0.39 is 0 Å². The predicted octanol–water partition coefficient (Wildman–Crippen LogP) is 2.77. The van der Waals surface area contributed by atoms with Gasteiger partial charge < -0.3 is 9.84 Å². The van der Waals surface area contributed by atoms with Gasteiger partial charge in [0.05, 0.1) is 6.04 Å². The first-order chi connectivity index (χ1) is 11.2. The molecule has 2 heterocycles. The molecule has 1 aliphatic rings. The number of nitrogens with zero attached hydrogens (tertiary/aromatic N) is 2. The maximum atomic E-state index is 13.2. The first-order valence-electron chi connectivity index (χ1n) is 7.92. The molecule has 6 heteroatoms. The first kappa shape index (κ1) is 15.7. The number of aromatic nitrogens is 1. The van der Waals surface area contributed by atoms with Gasteiger partial charge in [-0.3, -0.25) is 9.69 Å². The van der Waals surface area contributed by atoms with Crippen molar-refractivity contribution in [2.75, 3.05) is 19.6 Å². The summed E-state index contributed by atoms with van der Waals surface area (Å²) in [6, 6.07) is 8.07. The highest BCUT2D eigenvalue weighted by molar-refractivity contribution is 5.91. The molecule has 5 nitrogen and oxygen atoms in total. The molecular weight excluding hydrogens is 297 g/mol. The van der Waals surface area contributed by atoms with E-state index in [4.69, 9.17) is 4.52 Å². The summed E-state index contributed by atoms with van der Waals surface area (Å²) in [4.78, 5) is 14.4. The van der Waals surface area contributed by atoms with Gasteiger partial charge in [0.2, 0.25) is 0 Å². The lowest BCUT2D eigenvalue weighted by Gasteiger charge is -2.35. The van der Waals surface area contributed by atoms with Gasteiger partial charge in [-0.15, -0.1) is 0 Å². The van der Waals surface area contributed by atoms with Crippen molar-refractivity contribution in [1.82, 2.24) is 15.4 Å². The number of rotatable bonds is 5. The summed E-state index contributed by atoms with van der Waals surface area (Å²) < 4.78 is 17.9. The monoisotopic (exact) mass is 317 g/mol. The number of halogens is 1. The van der Waals surface area contributed by atoms with Crippen molar-refractivity contribution in [2.24, 2.45) is 0 Å². The van der Waals surface area contributed by atoms with Gasteiger partial charge in [0.15, 0.2) is 5.69 Å². The number of likely N-dealkylation sites (tertiary alicyclic amines) is 1. The molecule has 122 valence electrons. The quantitative estimate of drug-likeness (QED) is 0.921. The second kappa shape index (κ2) is 7.37. The SMILES string of the molecule is O=C(NC[C@H](c1ccc(F)cc1)N1CCCCC1)c1ccon1. The van der Waals surface area contributed by atoms with E-state index in [-0.39, 0.29) is 23.5 Å². The summed E-state index contributed by atoms with van der Waals surface area (Å²) in [7, 11) is 0. The van der Waals surface area contributed by atoms with Crippen molar-refractivity contribution < 1.29 is 13.7 Å². The van der Waals surface area contributed by atoms with Gasteiger partial charge in [-0.25, -0.2) is 4.39 Å². The van der Waals surface area contributed by atoms with Crippen LogP contribution in [0.15, 0.2) is 41.1 Å². The zero-order chi connectivity index (χ0) is 16.1. The molecule has 1 atom stereocenters. The van der Waals surface area contributed by atoms with Gasteiger partial charge in [0.1, 0.15) is 12.1 Å². The first-order valence-corrected chi connectivity index (χ1v) is 7.92. The second-order valence-electron chi connectivity index (χ2n) is 5.76. The topological polar surface area (TPSA) is 58.4 Å². The standard InChI is InChI=1S/C17H20FN3O2/c18-14-6-4-13(5-7-14)16(21-9-2-1-3-10-21)12-19-17(22)15-8-11-23-20-15/h4-8,11,16H,1-3,9-10,12H2,(H,19,22)/t16-/m1/s1. The fourth-order valence-corrected chi connectivity index (χ4v) is 2.98. The number of nitrogens with one attached hydrogen (secondary N) is 1. The summed E-state index contributed by atoms with van der Waals surface area (Å²) in [5.74, 6) is -0.513. The van der Waals surface area contributed by atoms with Crippen LogP contribution >= 0.6 is 0 Å². The van der Waals surface area contributed by atoms with Crippen LogP contribution in [0.4, 0.5) is 4.39 Å². The smallest absolute Gasteiger partial charge is 0.273 e. The molecule has 1 aliphatic heterocycles. The van der Waals surface area contributed by atoms with E-state index in [1.54, 1.807) is 12.1 Å². The normalized spacial score (nSPS) is 16.9. The molecule has 1 aromatic carbocycles. The molecule has 23 heavy (non-hydrogen) atoms. The molecule has 0 saturated carbocycles. The highest BCUT2D eigenvalue weighted by atomic mass is 19.1. The van der Waals surface area contributed by atoms with E-state index in [0.29, 0.717) is 6.54 Å². The number of hydrogen-bond acceptors (Lipinski definition) is 4. The van der Waals surface area contributed by atoms with Crippen LogP contribution in [0.5, 0.6) is 0 Å². The molecule has 0 unspecified atom stereocenters. The Morgan fingerprint density at radius 2 is 1.96 bits per heavy atom. The largest absolute Gasteiger partial charge is 0.364 e. The van der Waals surface area contributed by atoms with Crippen LogP contribution in [0.1, 0.15) is 41.4 Å². The maximum absolute atomic E-state index is 13.2. The Kier molecular flexibility index (Phi) is 5.02. The van der Waals surface area contributed by atoms with E-state index in [1.165, 1.54) is 30.9 Å². The van der Waals surface area contributed by atoms with E-state index in [9.17, 15) is 9.18 Å². The molecule has 2 aromatic rings. The number of carbonyl (C=O) groups is 1. The molecule has 1 amide bonds. The summed E-state index contributed by atoms with van der Waals surface area (Å²) in [5.41, 5.74) is 1.27. The molecular formula is C17H20FN3O2. The Labute approximate surface area is 134 Å². The number of hydrogen-bond donors (Lipinski definition) is 1. The number of carbonyl (C=O) groups excluding carboxylic acids is 1. The minimum Gasteiger partial charge on any atom is -0.364 e. The van der Waals surface area contributed by atoms with E-state index in [1.807, 2.05) is 0 Å². The van der Waals surface area contributed by atoms with Crippen LogP contribution in [-0.2, 0) is 0 Å². The minimum absolute atomic E-state index is 0.0340. The third-order valence-electron chi connectivity index (χ3n) is 4.21. The van der Waals surface area contributed by atoms with Crippen LogP contribution in [0.2, 0.25) is 0 Å². The van der Waals surface area contributed by atoms with Gasteiger partial charge in [-0.05, 0) is 43.6 Å². The van der Waals surface area contributed by atoms with Crippen LogP contribution < -0.4 is 5.32 Å². The highest BCUT2D eigenvalue weighted by Gasteiger charge is 2.23. The van der Waals surface area contributed by atoms with Crippen molar-refractivity contribution in [3.8, 4) is 0 Å². The molecule has 1 N–H and O–H groups in total. The molecule has 1 aromatic heterocycles. The average molecular weight is 317 g/mol. The van der Waals surface area contributed by atoms with Crippen molar-refractivity contribution in [3.63, 3.8) is 0 Å². The van der Waals surface area contributed by atoms with Gasteiger partial charge in [0.25, 0.3) is 5.91 Å². The van der Waals surface area contributed by atoms with Crippen LogP contribution in [-0.4, -0.2) is 35.6 Å². The molecule has 0 aliphatic carbocycles. The van der Waals surface area contributed by atoms with E-state index in [2.05, 4.69) is 15.4 Å². The van der Waals surface area contributed by atoms with Crippen LogP contribution in [0, 0.1) is 5.82 Å². The van der Waals surface area contributed by atoms with Crippen molar-refractivity contribution in [3.05, 3.63) is 53.7 Å². The number of benzene rings is 1. The van der Waals surface area contributed by atoms with Crippen LogP contribution in [0.3, 0.4) is 0 Å². The lowest BCUT2D eigenvalue weighted by molar-refractivity contribution is 0.0915. The van der Waals surface area contributed by atoms with Crippen molar-refractivity contribution >= 4 is 5.91 Å². The fourth-order valence-electron chi connectivity index (χ4n) is 2.98. The van der Waals surface area contributed by atoms with Gasteiger partial charge in [-0.1, -0.05) is 23.7 Å². The zero-order valence-corrected chi connectivity index (χ0v) is 12.9. The van der Waals surface area contributed by atoms with Gasteiger partial charge in [0, 0.05) is 12.6 Å². The molecule has 0 spiro atoms. The lowest BCUT2D eigenvalue weighted by Crippen LogP contribution is -2.40. The summed E-state index contributed by atoms with van der Waals surface area (Å²) in [6.45, 7) is 2.43. The fraction of sp³-hybridized carbons (Fsp3) is 0.412. The summed E-state index contributed by atoms with van der Waals surface area (Å²) in [6.07, 6.45) is 4.90. The highest BCUT2D eigenvalue weighted by Crippen LogP contribution is 2.24. The predicted molar refractivity (Wildman–Crippen MR) is 83.4 cm³/mol. The number of amides is 1. The third-order valence-corrected chi connectivity index (χ3v) is 4.21. The van der Waals surface area contributed by atoms with E-state index in [0.717, 1.165) is 31.5 Å². The third kappa shape index (κ3) is 3.96. The van der Waals surface area contributed by atoms with Crippen molar-refractivity contribution in [1.29, 1.82) is 0 Å².